The number of nitrogens with zero attached hydrogens (tertiary/aromatic N) is 1. The van der Waals surface area contributed by atoms with Crippen molar-refractivity contribution in [2.75, 3.05) is 5.32 Å². The highest BCUT2D eigenvalue weighted by atomic mass is 127. The van der Waals surface area contributed by atoms with Crippen LogP contribution in [0.3, 0.4) is 0 Å². The molecule has 25 heavy (non-hydrogen) atoms. The third-order valence-electron chi connectivity index (χ3n) is 3.91. The molecule has 0 atom stereocenters. The van der Waals surface area contributed by atoms with E-state index in [1.165, 1.54) is 0 Å². The predicted octanol–water partition coefficient (Wildman–Crippen LogP) is 5.09. The van der Waals surface area contributed by atoms with Crippen molar-refractivity contribution in [3.8, 4) is 11.4 Å². The van der Waals surface area contributed by atoms with E-state index in [4.69, 9.17) is 0 Å². The minimum absolute atomic E-state index is 0.127. The van der Waals surface area contributed by atoms with E-state index in [0.29, 0.717) is 5.56 Å². The summed E-state index contributed by atoms with van der Waals surface area (Å²) in [6.07, 6.45) is 0. The third kappa shape index (κ3) is 3.41. The molecule has 1 heterocycles. The fraction of sp³-hybridized carbons (Fsp3) is 0. The molecule has 1 amide bonds. The minimum atomic E-state index is -0.127. The van der Waals surface area contributed by atoms with Crippen LogP contribution in [0.1, 0.15) is 10.4 Å². The summed E-state index contributed by atoms with van der Waals surface area (Å²) in [7, 11) is 0. The van der Waals surface area contributed by atoms with E-state index in [1.807, 2.05) is 72.8 Å². The van der Waals surface area contributed by atoms with Gasteiger partial charge in [0.15, 0.2) is 0 Å². The van der Waals surface area contributed by atoms with Gasteiger partial charge in [-0.2, -0.15) is 0 Å². The number of imidazole rings is 1. The number of halogens is 1. The third-order valence-corrected chi connectivity index (χ3v) is 4.63. The van der Waals surface area contributed by atoms with Crippen molar-refractivity contribution < 1.29 is 4.79 Å². The van der Waals surface area contributed by atoms with Gasteiger partial charge >= 0.3 is 0 Å². The van der Waals surface area contributed by atoms with Gasteiger partial charge < -0.3 is 10.3 Å². The number of carbonyl (C=O) groups is 1. The molecular weight excluding hydrogens is 425 g/mol. The van der Waals surface area contributed by atoms with Crippen LogP contribution >= 0.6 is 22.6 Å². The highest BCUT2D eigenvalue weighted by Gasteiger charge is 2.08. The Labute approximate surface area is 158 Å². The normalized spacial score (nSPS) is 10.8. The molecule has 0 saturated heterocycles. The molecule has 0 aliphatic carbocycles. The number of para-hydroxylation sites is 2. The molecule has 1 aromatic heterocycles. The van der Waals surface area contributed by atoms with E-state index in [0.717, 1.165) is 31.7 Å². The Morgan fingerprint density at radius 1 is 0.920 bits per heavy atom. The zero-order chi connectivity index (χ0) is 17.2. The van der Waals surface area contributed by atoms with E-state index in [9.17, 15) is 4.79 Å². The van der Waals surface area contributed by atoms with Crippen molar-refractivity contribution in [1.82, 2.24) is 9.97 Å². The van der Waals surface area contributed by atoms with Crippen LogP contribution in [0.5, 0.6) is 0 Å². The summed E-state index contributed by atoms with van der Waals surface area (Å²) in [5, 5.41) is 2.90. The van der Waals surface area contributed by atoms with Crippen LogP contribution in [0.2, 0.25) is 0 Å². The maximum absolute atomic E-state index is 12.4. The molecule has 0 aliphatic heterocycles. The Morgan fingerprint density at radius 3 is 2.36 bits per heavy atom. The summed E-state index contributed by atoms with van der Waals surface area (Å²) in [6, 6.07) is 23.0. The second-order valence-electron chi connectivity index (χ2n) is 5.64. The first-order chi connectivity index (χ1) is 12.2. The average Bonchev–Trinajstić information content (AvgIpc) is 3.08. The Bertz CT molecular complexity index is 1000. The van der Waals surface area contributed by atoms with Crippen molar-refractivity contribution in [3.05, 3.63) is 81.9 Å². The SMILES string of the molecule is O=C(Nc1ccc(I)cc1)c1ccc(-c2nc3ccccc3[nH]2)cc1. The standard InChI is InChI=1S/C20H14IN3O/c21-15-9-11-16(12-10-15)22-20(25)14-7-5-13(6-8-14)19-23-17-3-1-2-4-18(17)24-19/h1-12H,(H,22,25)(H,23,24). The van der Waals surface area contributed by atoms with Crippen LogP contribution in [-0.4, -0.2) is 15.9 Å². The van der Waals surface area contributed by atoms with Crippen LogP contribution in [0.25, 0.3) is 22.4 Å². The average molecular weight is 439 g/mol. The smallest absolute Gasteiger partial charge is 0.255 e. The van der Waals surface area contributed by atoms with Gasteiger partial charge in [0.25, 0.3) is 5.91 Å². The van der Waals surface area contributed by atoms with Gasteiger partial charge in [-0.25, -0.2) is 4.98 Å². The number of anilines is 1. The monoisotopic (exact) mass is 439 g/mol. The molecule has 0 fully saturated rings. The fourth-order valence-corrected chi connectivity index (χ4v) is 2.97. The van der Waals surface area contributed by atoms with E-state index >= 15 is 0 Å². The number of rotatable bonds is 3. The lowest BCUT2D eigenvalue weighted by molar-refractivity contribution is 0.102. The van der Waals surface area contributed by atoms with Gasteiger partial charge in [0.05, 0.1) is 11.0 Å². The second kappa shape index (κ2) is 6.68. The summed E-state index contributed by atoms with van der Waals surface area (Å²) >= 11 is 2.23. The number of carbonyl (C=O) groups excluding carboxylic acids is 1. The number of hydrogen-bond donors (Lipinski definition) is 2. The lowest BCUT2D eigenvalue weighted by Gasteiger charge is -2.06. The van der Waals surface area contributed by atoms with Crippen LogP contribution in [0.15, 0.2) is 72.8 Å². The molecule has 4 nitrogen and oxygen atoms in total. The lowest BCUT2D eigenvalue weighted by atomic mass is 10.1. The Hall–Kier alpha value is -2.67. The molecule has 3 aromatic carbocycles. The number of aromatic amines is 1. The van der Waals surface area contributed by atoms with E-state index in [-0.39, 0.29) is 5.91 Å². The second-order valence-corrected chi connectivity index (χ2v) is 6.89. The minimum Gasteiger partial charge on any atom is -0.338 e. The van der Waals surface area contributed by atoms with Crippen molar-refractivity contribution in [1.29, 1.82) is 0 Å². The van der Waals surface area contributed by atoms with E-state index in [2.05, 4.69) is 37.9 Å². The van der Waals surface area contributed by atoms with Gasteiger partial charge in [0.1, 0.15) is 5.82 Å². The first-order valence-electron chi connectivity index (χ1n) is 7.81. The van der Waals surface area contributed by atoms with Gasteiger partial charge in [-0.1, -0.05) is 24.3 Å². The van der Waals surface area contributed by atoms with Crippen LogP contribution in [0.4, 0.5) is 5.69 Å². The predicted molar refractivity (Wildman–Crippen MR) is 109 cm³/mol. The molecule has 4 aromatic rings. The maximum Gasteiger partial charge on any atom is 0.255 e. The zero-order valence-corrected chi connectivity index (χ0v) is 15.3. The summed E-state index contributed by atoms with van der Waals surface area (Å²) in [5.74, 6) is 0.670. The quantitative estimate of drug-likeness (QED) is 0.437. The van der Waals surface area contributed by atoms with Crippen molar-refractivity contribution in [2.24, 2.45) is 0 Å². The molecule has 0 aliphatic rings. The number of benzene rings is 3. The topological polar surface area (TPSA) is 57.8 Å². The van der Waals surface area contributed by atoms with E-state index < -0.39 is 0 Å². The van der Waals surface area contributed by atoms with Gasteiger partial charge in [0, 0.05) is 20.4 Å². The van der Waals surface area contributed by atoms with Gasteiger partial charge in [-0.15, -0.1) is 0 Å². The number of aromatic nitrogens is 2. The Balaban J connectivity index is 1.54. The molecule has 122 valence electrons. The lowest BCUT2D eigenvalue weighted by Crippen LogP contribution is -2.11. The van der Waals surface area contributed by atoms with Crippen molar-refractivity contribution >= 4 is 45.2 Å². The first kappa shape index (κ1) is 15.8. The van der Waals surface area contributed by atoms with Gasteiger partial charge in [-0.05, 0) is 71.1 Å². The highest BCUT2D eigenvalue weighted by molar-refractivity contribution is 14.1. The first-order valence-corrected chi connectivity index (χ1v) is 8.89. The Kier molecular flexibility index (Phi) is 4.23. The van der Waals surface area contributed by atoms with E-state index in [1.54, 1.807) is 0 Å². The molecular formula is C20H14IN3O. The zero-order valence-electron chi connectivity index (χ0n) is 13.2. The summed E-state index contributed by atoms with van der Waals surface area (Å²) in [5.41, 5.74) is 4.27. The van der Waals surface area contributed by atoms with Crippen LogP contribution in [0, 0.1) is 3.57 Å². The highest BCUT2D eigenvalue weighted by Crippen LogP contribution is 2.21. The van der Waals surface area contributed by atoms with Crippen molar-refractivity contribution in [3.63, 3.8) is 0 Å². The Morgan fingerprint density at radius 2 is 1.64 bits per heavy atom. The number of hydrogen-bond acceptors (Lipinski definition) is 2. The molecule has 0 bridgehead atoms. The molecule has 0 radical (unpaired) electrons. The molecule has 4 rings (SSSR count). The van der Waals surface area contributed by atoms with Crippen LogP contribution < -0.4 is 5.32 Å². The number of fused-ring (bicyclic) bond motifs is 1. The summed E-state index contributed by atoms with van der Waals surface area (Å²) in [6.45, 7) is 0. The largest absolute Gasteiger partial charge is 0.338 e. The fourth-order valence-electron chi connectivity index (χ4n) is 2.61. The van der Waals surface area contributed by atoms with Crippen molar-refractivity contribution in [2.45, 2.75) is 0 Å². The molecule has 5 heteroatoms. The van der Waals surface area contributed by atoms with Crippen LogP contribution in [-0.2, 0) is 0 Å². The summed E-state index contributed by atoms with van der Waals surface area (Å²) in [4.78, 5) is 20.2. The number of amides is 1. The molecule has 0 unspecified atom stereocenters. The molecule has 0 saturated carbocycles. The van der Waals surface area contributed by atoms with Gasteiger partial charge in [0.2, 0.25) is 0 Å². The maximum atomic E-state index is 12.4. The van der Waals surface area contributed by atoms with Gasteiger partial charge in [-0.3, -0.25) is 4.79 Å². The summed E-state index contributed by atoms with van der Waals surface area (Å²) < 4.78 is 1.13. The number of nitrogens with one attached hydrogen (secondary N) is 2. The number of H-pyrrole nitrogens is 1. The molecule has 0 spiro atoms. The molecule has 2 N–H and O–H groups in total.